The number of nitrogens with one attached hydrogen (secondary N) is 1. The van der Waals surface area contributed by atoms with E-state index in [-0.39, 0.29) is 19.0 Å². The standard InChI is InChI=1S/C12H21N3O3/c16-11(17)3-4-13-12(18)15-7-5-14(6-8-15)9-10-1-2-10/h10H,1-9H2,(H,13,18)(H,16,17). The van der Waals surface area contributed by atoms with E-state index in [9.17, 15) is 9.59 Å². The largest absolute Gasteiger partial charge is 0.481 e. The minimum Gasteiger partial charge on any atom is -0.481 e. The second-order valence-corrected chi connectivity index (χ2v) is 5.11. The highest BCUT2D eigenvalue weighted by Gasteiger charge is 2.27. The molecule has 2 fully saturated rings. The highest BCUT2D eigenvalue weighted by atomic mass is 16.4. The van der Waals surface area contributed by atoms with Crippen LogP contribution in [0.2, 0.25) is 0 Å². The molecule has 1 aliphatic carbocycles. The van der Waals surface area contributed by atoms with Crippen LogP contribution in [0.5, 0.6) is 0 Å². The smallest absolute Gasteiger partial charge is 0.317 e. The van der Waals surface area contributed by atoms with Gasteiger partial charge < -0.3 is 15.3 Å². The van der Waals surface area contributed by atoms with Crippen molar-refractivity contribution in [3.05, 3.63) is 0 Å². The van der Waals surface area contributed by atoms with Gasteiger partial charge in [-0.15, -0.1) is 0 Å². The number of piperazine rings is 1. The lowest BCUT2D eigenvalue weighted by Gasteiger charge is -2.34. The zero-order valence-corrected chi connectivity index (χ0v) is 10.6. The number of carboxylic acid groups (broad SMARTS) is 1. The van der Waals surface area contributed by atoms with Gasteiger partial charge in [-0.1, -0.05) is 0 Å². The fourth-order valence-corrected chi connectivity index (χ4v) is 2.19. The summed E-state index contributed by atoms with van der Waals surface area (Å²) < 4.78 is 0. The van der Waals surface area contributed by atoms with E-state index in [1.54, 1.807) is 4.90 Å². The van der Waals surface area contributed by atoms with Crippen LogP contribution in [-0.4, -0.2) is 66.2 Å². The van der Waals surface area contributed by atoms with Gasteiger partial charge in [-0.05, 0) is 18.8 Å². The Morgan fingerprint density at radius 1 is 1.17 bits per heavy atom. The summed E-state index contributed by atoms with van der Waals surface area (Å²) in [5, 5.41) is 11.1. The van der Waals surface area contributed by atoms with Crippen LogP contribution in [0.3, 0.4) is 0 Å². The van der Waals surface area contributed by atoms with Crippen LogP contribution in [0.25, 0.3) is 0 Å². The highest BCUT2D eigenvalue weighted by Crippen LogP contribution is 2.29. The monoisotopic (exact) mass is 255 g/mol. The van der Waals surface area contributed by atoms with Gasteiger partial charge in [0, 0.05) is 39.3 Å². The first kappa shape index (κ1) is 13.1. The van der Waals surface area contributed by atoms with E-state index in [1.165, 1.54) is 19.4 Å². The SMILES string of the molecule is O=C(O)CCNC(=O)N1CCN(CC2CC2)CC1. The molecule has 1 aliphatic heterocycles. The average molecular weight is 255 g/mol. The van der Waals surface area contributed by atoms with E-state index in [2.05, 4.69) is 10.2 Å². The predicted molar refractivity (Wildman–Crippen MR) is 66.4 cm³/mol. The summed E-state index contributed by atoms with van der Waals surface area (Å²) in [6.07, 6.45) is 2.69. The van der Waals surface area contributed by atoms with Gasteiger partial charge in [0.05, 0.1) is 6.42 Å². The lowest BCUT2D eigenvalue weighted by atomic mass is 10.3. The molecule has 0 radical (unpaired) electrons. The lowest BCUT2D eigenvalue weighted by molar-refractivity contribution is -0.136. The first-order valence-electron chi connectivity index (χ1n) is 6.62. The van der Waals surface area contributed by atoms with E-state index in [4.69, 9.17) is 5.11 Å². The second-order valence-electron chi connectivity index (χ2n) is 5.11. The highest BCUT2D eigenvalue weighted by molar-refractivity contribution is 5.75. The van der Waals surface area contributed by atoms with E-state index >= 15 is 0 Å². The average Bonchev–Trinajstić information content (AvgIpc) is 3.13. The van der Waals surface area contributed by atoms with Crippen LogP contribution in [0, 0.1) is 5.92 Å². The first-order valence-corrected chi connectivity index (χ1v) is 6.62. The van der Waals surface area contributed by atoms with Gasteiger partial charge in [0.15, 0.2) is 0 Å². The zero-order valence-electron chi connectivity index (χ0n) is 10.6. The maximum atomic E-state index is 11.7. The Labute approximate surface area is 107 Å². The molecule has 0 aromatic carbocycles. The summed E-state index contributed by atoms with van der Waals surface area (Å²) in [5.41, 5.74) is 0. The van der Waals surface area contributed by atoms with Crippen molar-refractivity contribution in [2.24, 2.45) is 5.92 Å². The minimum absolute atomic E-state index is 0.0205. The molecule has 102 valence electrons. The Morgan fingerprint density at radius 2 is 1.83 bits per heavy atom. The van der Waals surface area contributed by atoms with Crippen molar-refractivity contribution in [2.75, 3.05) is 39.3 Å². The maximum absolute atomic E-state index is 11.7. The lowest BCUT2D eigenvalue weighted by Crippen LogP contribution is -2.52. The molecule has 0 atom stereocenters. The molecular weight excluding hydrogens is 234 g/mol. The Kier molecular flexibility index (Phi) is 4.41. The molecule has 1 saturated heterocycles. The van der Waals surface area contributed by atoms with Crippen molar-refractivity contribution in [3.63, 3.8) is 0 Å². The number of carboxylic acids is 1. The van der Waals surface area contributed by atoms with Crippen LogP contribution in [-0.2, 0) is 4.79 Å². The summed E-state index contributed by atoms with van der Waals surface area (Å²) in [4.78, 5) is 26.2. The first-order chi connectivity index (χ1) is 8.65. The summed E-state index contributed by atoms with van der Waals surface area (Å²) in [6.45, 7) is 4.73. The molecule has 0 spiro atoms. The van der Waals surface area contributed by atoms with Gasteiger partial charge in [0.1, 0.15) is 0 Å². The molecule has 0 unspecified atom stereocenters. The number of hydrogen-bond acceptors (Lipinski definition) is 3. The Balaban J connectivity index is 1.61. The van der Waals surface area contributed by atoms with Gasteiger partial charge in [0.2, 0.25) is 0 Å². The summed E-state index contributed by atoms with van der Waals surface area (Å²) in [5.74, 6) is 0.00509. The van der Waals surface area contributed by atoms with Crippen LogP contribution in [0.4, 0.5) is 4.79 Å². The van der Waals surface area contributed by atoms with Gasteiger partial charge in [-0.3, -0.25) is 9.69 Å². The number of amides is 2. The number of carbonyl (C=O) groups excluding carboxylic acids is 1. The molecule has 2 amide bonds. The van der Waals surface area contributed by atoms with Crippen LogP contribution >= 0.6 is 0 Å². The normalized spacial score (nSPS) is 20.8. The van der Waals surface area contributed by atoms with Crippen molar-refractivity contribution in [1.29, 1.82) is 0 Å². The third-order valence-electron chi connectivity index (χ3n) is 3.49. The van der Waals surface area contributed by atoms with Crippen LogP contribution < -0.4 is 5.32 Å². The molecule has 0 aromatic rings. The molecule has 18 heavy (non-hydrogen) atoms. The fourth-order valence-electron chi connectivity index (χ4n) is 2.19. The number of rotatable bonds is 5. The maximum Gasteiger partial charge on any atom is 0.317 e. The van der Waals surface area contributed by atoms with Crippen molar-refractivity contribution in [3.8, 4) is 0 Å². The molecule has 1 heterocycles. The summed E-state index contributed by atoms with van der Waals surface area (Å²) in [7, 11) is 0. The number of carbonyl (C=O) groups is 2. The number of nitrogens with zero attached hydrogens (tertiary/aromatic N) is 2. The van der Waals surface area contributed by atoms with E-state index in [0.29, 0.717) is 0 Å². The van der Waals surface area contributed by atoms with E-state index in [1.807, 2.05) is 0 Å². The van der Waals surface area contributed by atoms with E-state index < -0.39 is 5.97 Å². The Hall–Kier alpha value is -1.30. The molecule has 0 aromatic heterocycles. The zero-order chi connectivity index (χ0) is 13.0. The number of hydrogen-bond donors (Lipinski definition) is 2. The molecule has 6 heteroatoms. The molecule has 0 bridgehead atoms. The molecule has 2 aliphatic rings. The van der Waals surface area contributed by atoms with Crippen LogP contribution in [0.15, 0.2) is 0 Å². The molecular formula is C12H21N3O3. The van der Waals surface area contributed by atoms with Gasteiger partial charge >= 0.3 is 12.0 Å². The second kappa shape index (κ2) is 6.04. The Morgan fingerprint density at radius 3 is 2.39 bits per heavy atom. The minimum atomic E-state index is -0.885. The van der Waals surface area contributed by atoms with Crippen molar-refractivity contribution >= 4 is 12.0 Å². The number of aliphatic carboxylic acids is 1. The van der Waals surface area contributed by atoms with Crippen molar-refractivity contribution in [1.82, 2.24) is 15.1 Å². The molecule has 2 rings (SSSR count). The summed E-state index contributed by atoms with van der Waals surface area (Å²) in [6, 6.07) is -0.137. The number of urea groups is 1. The topological polar surface area (TPSA) is 72.9 Å². The Bertz CT molecular complexity index is 310. The quantitative estimate of drug-likeness (QED) is 0.736. The molecule has 2 N–H and O–H groups in total. The summed E-state index contributed by atoms with van der Waals surface area (Å²) >= 11 is 0. The van der Waals surface area contributed by atoms with Gasteiger partial charge in [-0.25, -0.2) is 4.79 Å². The molecule has 1 saturated carbocycles. The molecule has 6 nitrogen and oxygen atoms in total. The van der Waals surface area contributed by atoms with Crippen LogP contribution in [0.1, 0.15) is 19.3 Å². The van der Waals surface area contributed by atoms with Gasteiger partial charge in [-0.2, -0.15) is 0 Å². The fraction of sp³-hybridized carbons (Fsp3) is 0.833. The van der Waals surface area contributed by atoms with Crippen molar-refractivity contribution in [2.45, 2.75) is 19.3 Å². The van der Waals surface area contributed by atoms with E-state index in [0.717, 1.165) is 32.1 Å². The third kappa shape index (κ3) is 4.18. The third-order valence-corrected chi connectivity index (χ3v) is 3.49. The predicted octanol–water partition coefficient (Wildman–Crippen LogP) is 0.198. The van der Waals surface area contributed by atoms with Gasteiger partial charge in [0.25, 0.3) is 0 Å². The van der Waals surface area contributed by atoms with Crippen molar-refractivity contribution < 1.29 is 14.7 Å².